The quantitative estimate of drug-likeness (QED) is 0.747. The zero-order chi connectivity index (χ0) is 10.8. The monoisotopic (exact) mass is 226 g/mol. The summed E-state index contributed by atoms with van der Waals surface area (Å²) in [5.74, 6) is -1.35. The summed E-state index contributed by atoms with van der Waals surface area (Å²) in [6.45, 7) is 0. The largest absolute Gasteiger partial charge is 0.206 e. The van der Waals surface area contributed by atoms with Crippen LogP contribution in [0.5, 0.6) is 0 Å². The molecule has 0 atom stereocenters. The van der Waals surface area contributed by atoms with Gasteiger partial charge in [0.2, 0.25) is 0 Å². The highest BCUT2D eigenvalue weighted by Gasteiger charge is 2.12. The van der Waals surface area contributed by atoms with Crippen molar-refractivity contribution in [3.05, 3.63) is 47.1 Å². The Hall–Kier alpha value is -1.55. The van der Waals surface area contributed by atoms with Crippen molar-refractivity contribution in [2.24, 2.45) is 0 Å². The zero-order valence-electron chi connectivity index (χ0n) is 7.42. The topological polar surface area (TPSA) is 25.8 Å². The Kier molecular flexibility index (Phi) is 2.60. The van der Waals surface area contributed by atoms with Crippen molar-refractivity contribution >= 4 is 11.6 Å². The number of hydrogen-bond donors (Lipinski definition) is 0. The molecule has 0 aliphatic heterocycles. The maximum absolute atomic E-state index is 13.3. The highest BCUT2D eigenvalue weighted by Crippen LogP contribution is 2.23. The van der Waals surface area contributed by atoms with Crippen molar-refractivity contribution in [2.45, 2.75) is 0 Å². The molecule has 1 heterocycles. The Morgan fingerprint density at radius 1 is 0.933 bits per heavy atom. The van der Waals surface area contributed by atoms with Gasteiger partial charge in [-0.1, -0.05) is 17.7 Å². The summed E-state index contributed by atoms with van der Waals surface area (Å²) in [4.78, 5) is 0. The molecular weight excluding hydrogens is 222 g/mol. The predicted molar refractivity (Wildman–Crippen MR) is 52.4 cm³/mol. The van der Waals surface area contributed by atoms with E-state index in [2.05, 4.69) is 10.2 Å². The minimum absolute atomic E-state index is 0.120. The number of aromatic nitrogens is 2. The van der Waals surface area contributed by atoms with Gasteiger partial charge in [-0.2, -0.15) is 0 Å². The third-order valence-electron chi connectivity index (χ3n) is 1.85. The first-order valence-corrected chi connectivity index (χ1v) is 4.50. The summed E-state index contributed by atoms with van der Waals surface area (Å²) in [5.41, 5.74) is -0.0725. The van der Waals surface area contributed by atoms with Gasteiger partial charge in [0.1, 0.15) is 11.6 Å². The van der Waals surface area contributed by atoms with E-state index in [4.69, 9.17) is 11.6 Å². The minimum Gasteiger partial charge on any atom is -0.206 e. The molecule has 2 nitrogen and oxygen atoms in total. The first kappa shape index (κ1) is 9.98. The second kappa shape index (κ2) is 3.90. The molecule has 0 aliphatic carbocycles. The Balaban J connectivity index is 2.58. The van der Waals surface area contributed by atoms with Gasteiger partial charge in [0.15, 0.2) is 5.15 Å². The molecule has 0 bridgehead atoms. The van der Waals surface area contributed by atoms with Crippen LogP contribution in [0.4, 0.5) is 8.78 Å². The van der Waals surface area contributed by atoms with Gasteiger partial charge in [-0.15, -0.1) is 10.2 Å². The number of nitrogens with zero attached hydrogens (tertiary/aromatic N) is 2. The van der Waals surface area contributed by atoms with Gasteiger partial charge in [0, 0.05) is 0 Å². The molecule has 2 aromatic rings. The fourth-order valence-electron chi connectivity index (χ4n) is 1.19. The molecule has 0 aliphatic rings. The molecule has 76 valence electrons. The van der Waals surface area contributed by atoms with Crippen molar-refractivity contribution in [2.75, 3.05) is 0 Å². The maximum atomic E-state index is 13.3. The van der Waals surface area contributed by atoms with Gasteiger partial charge >= 0.3 is 0 Å². The van der Waals surface area contributed by atoms with Crippen LogP contribution in [0.1, 0.15) is 0 Å². The van der Waals surface area contributed by atoms with E-state index in [0.29, 0.717) is 0 Å². The van der Waals surface area contributed by atoms with Gasteiger partial charge in [-0.3, -0.25) is 0 Å². The van der Waals surface area contributed by atoms with E-state index in [1.165, 1.54) is 18.2 Å². The highest BCUT2D eigenvalue weighted by atomic mass is 35.5. The number of hydrogen-bond acceptors (Lipinski definition) is 2. The summed E-state index contributed by atoms with van der Waals surface area (Å²) < 4.78 is 26.6. The van der Waals surface area contributed by atoms with Crippen LogP contribution >= 0.6 is 11.6 Å². The van der Waals surface area contributed by atoms with E-state index in [1.54, 1.807) is 0 Å². The van der Waals surface area contributed by atoms with Crippen LogP contribution in [0, 0.1) is 11.6 Å². The third kappa shape index (κ3) is 1.94. The lowest BCUT2D eigenvalue weighted by molar-refractivity contribution is 0.588. The third-order valence-corrected chi connectivity index (χ3v) is 2.05. The molecule has 5 heteroatoms. The molecule has 1 aromatic carbocycles. The smallest absolute Gasteiger partial charge is 0.151 e. The van der Waals surface area contributed by atoms with E-state index in [9.17, 15) is 8.78 Å². The summed E-state index contributed by atoms with van der Waals surface area (Å²) in [5, 5.41) is 7.30. The molecule has 0 saturated carbocycles. The summed E-state index contributed by atoms with van der Waals surface area (Å²) in [6.07, 6.45) is 0. The molecule has 0 N–H and O–H groups in total. The lowest BCUT2D eigenvalue weighted by Crippen LogP contribution is -1.93. The number of benzene rings is 1. The van der Waals surface area contributed by atoms with Crippen molar-refractivity contribution in [3.8, 4) is 11.3 Å². The normalized spacial score (nSPS) is 10.3. The van der Waals surface area contributed by atoms with E-state index in [0.717, 1.165) is 12.1 Å². The molecule has 0 amide bonds. The molecule has 0 saturated heterocycles. The van der Waals surface area contributed by atoms with Crippen LogP contribution in [0.2, 0.25) is 5.15 Å². The SMILES string of the molecule is Fc1cccc(F)c1-c1ccc(Cl)nn1. The van der Waals surface area contributed by atoms with Crippen LogP contribution in [0.3, 0.4) is 0 Å². The first-order chi connectivity index (χ1) is 7.18. The van der Waals surface area contributed by atoms with E-state index >= 15 is 0 Å². The summed E-state index contributed by atoms with van der Waals surface area (Å²) in [6, 6.07) is 6.45. The van der Waals surface area contributed by atoms with E-state index < -0.39 is 11.6 Å². The van der Waals surface area contributed by atoms with Gasteiger partial charge in [-0.05, 0) is 24.3 Å². The molecule has 15 heavy (non-hydrogen) atoms. The van der Waals surface area contributed by atoms with E-state index in [-0.39, 0.29) is 16.4 Å². The zero-order valence-corrected chi connectivity index (χ0v) is 8.17. The van der Waals surface area contributed by atoms with Crippen LogP contribution in [-0.4, -0.2) is 10.2 Å². The van der Waals surface area contributed by atoms with Crippen molar-refractivity contribution in [1.29, 1.82) is 0 Å². The molecule has 0 spiro atoms. The van der Waals surface area contributed by atoms with Crippen LogP contribution in [0.15, 0.2) is 30.3 Å². The number of halogens is 3. The summed E-state index contributed by atoms with van der Waals surface area (Å²) >= 11 is 5.52. The molecular formula is C10H5ClF2N2. The Morgan fingerprint density at radius 3 is 2.13 bits per heavy atom. The standard InChI is InChI=1S/C10H5ClF2N2/c11-9-5-4-8(14-15-9)10-6(12)2-1-3-7(10)13/h1-5H. The molecule has 0 fully saturated rings. The van der Waals surface area contributed by atoms with Gasteiger partial charge < -0.3 is 0 Å². The fourth-order valence-corrected chi connectivity index (χ4v) is 1.29. The van der Waals surface area contributed by atoms with Crippen molar-refractivity contribution < 1.29 is 8.78 Å². The van der Waals surface area contributed by atoms with Crippen LogP contribution < -0.4 is 0 Å². The Bertz CT molecular complexity index is 465. The first-order valence-electron chi connectivity index (χ1n) is 4.12. The summed E-state index contributed by atoms with van der Waals surface area (Å²) in [7, 11) is 0. The second-order valence-electron chi connectivity index (χ2n) is 2.84. The highest BCUT2D eigenvalue weighted by molar-refractivity contribution is 6.29. The van der Waals surface area contributed by atoms with Crippen molar-refractivity contribution in [1.82, 2.24) is 10.2 Å². The van der Waals surface area contributed by atoms with Crippen LogP contribution in [0.25, 0.3) is 11.3 Å². The number of rotatable bonds is 1. The minimum atomic E-state index is -0.674. The van der Waals surface area contributed by atoms with Crippen molar-refractivity contribution in [3.63, 3.8) is 0 Å². The molecule has 0 radical (unpaired) electrons. The fraction of sp³-hybridized carbons (Fsp3) is 0. The van der Waals surface area contributed by atoms with Crippen LogP contribution in [-0.2, 0) is 0 Å². The average Bonchev–Trinajstić information content (AvgIpc) is 2.20. The molecule has 1 aromatic heterocycles. The second-order valence-corrected chi connectivity index (χ2v) is 3.23. The van der Waals surface area contributed by atoms with Gasteiger partial charge in [0.05, 0.1) is 11.3 Å². The molecule has 0 unspecified atom stereocenters. The van der Waals surface area contributed by atoms with Gasteiger partial charge in [-0.25, -0.2) is 8.78 Å². The van der Waals surface area contributed by atoms with E-state index in [1.807, 2.05) is 0 Å². The predicted octanol–water partition coefficient (Wildman–Crippen LogP) is 3.08. The Labute approximate surface area is 89.5 Å². The Morgan fingerprint density at radius 2 is 1.60 bits per heavy atom. The maximum Gasteiger partial charge on any atom is 0.151 e. The average molecular weight is 227 g/mol. The van der Waals surface area contributed by atoms with Gasteiger partial charge in [0.25, 0.3) is 0 Å². The lowest BCUT2D eigenvalue weighted by Gasteiger charge is -2.02. The molecule has 2 rings (SSSR count). The lowest BCUT2D eigenvalue weighted by atomic mass is 10.1.